The SMILES string of the molecule is CC1CCC(O)C(CN2CCC3(CCCC3)C2)C1. The maximum absolute atomic E-state index is 10.2. The van der Waals surface area contributed by atoms with Gasteiger partial charge in [0.25, 0.3) is 0 Å². The van der Waals surface area contributed by atoms with Gasteiger partial charge < -0.3 is 10.0 Å². The molecule has 0 aromatic rings. The summed E-state index contributed by atoms with van der Waals surface area (Å²) in [5.74, 6) is 1.37. The molecule has 1 saturated heterocycles. The van der Waals surface area contributed by atoms with Gasteiger partial charge in [-0.05, 0) is 62.3 Å². The summed E-state index contributed by atoms with van der Waals surface area (Å²) in [6.07, 6.45) is 10.7. The molecule has 1 N–H and O–H groups in total. The molecule has 0 aromatic heterocycles. The average molecular weight is 251 g/mol. The molecule has 3 atom stereocenters. The fourth-order valence-electron chi connectivity index (χ4n) is 4.73. The second-order valence-corrected chi connectivity index (χ2v) is 7.44. The van der Waals surface area contributed by atoms with Crippen molar-refractivity contribution >= 4 is 0 Å². The molecule has 2 heteroatoms. The van der Waals surface area contributed by atoms with E-state index in [1.54, 1.807) is 0 Å². The molecule has 2 aliphatic carbocycles. The van der Waals surface area contributed by atoms with Crippen molar-refractivity contribution in [2.45, 2.75) is 64.4 Å². The number of hydrogen-bond donors (Lipinski definition) is 1. The maximum atomic E-state index is 10.2. The van der Waals surface area contributed by atoms with Crippen molar-refractivity contribution < 1.29 is 5.11 Å². The fourth-order valence-corrected chi connectivity index (χ4v) is 4.73. The average Bonchev–Trinajstić information content (AvgIpc) is 2.95. The van der Waals surface area contributed by atoms with Crippen LogP contribution < -0.4 is 0 Å². The molecule has 0 aromatic carbocycles. The third-order valence-corrected chi connectivity index (χ3v) is 5.88. The lowest BCUT2D eigenvalue weighted by Crippen LogP contribution is -2.38. The van der Waals surface area contributed by atoms with Gasteiger partial charge in [-0.3, -0.25) is 0 Å². The molecule has 1 spiro atoms. The molecular weight excluding hydrogens is 222 g/mol. The van der Waals surface area contributed by atoms with Gasteiger partial charge in [0.05, 0.1) is 6.10 Å². The molecule has 3 aliphatic rings. The summed E-state index contributed by atoms with van der Waals surface area (Å²) in [4.78, 5) is 2.66. The van der Waals surface area contributed by atoms with Crippen LogP contribution in [0.25, 0.3) is 0 Å². The Kier molecular flexibility index (Phi) is 3.68. The minimum absolute atomic E-state index is 0.0265. The molecule has 1 heterocycles. The molecule has 3 fully saturated rings. The molecule has 0 amide bonds. The first-order valence-electron chi connectivity index (χ1n) is 8.07. The van der Waals surface area contributed by atoms with Crippen molar-refractivity contribution in [1.82, 2.24) is 4.90 Å². The zero-order valence-corrected chi connectivity index (χ0v) is 11.9. The summed E-state index contributed by atoms with van der Waals surface area (Å²) in [7, 11) is 0. The molecule has 0 bridgehead atoms. The zero-order chi connectivity index (χ0) is 12.6. The van der Waals surface area contributed by atoms with Crippen LogP contribution >= 0.6 is 0 Å². The van der Waals surface area contributed by atoms with Crippen LogP contribution in [0, 0.1) is 17.3 Å². The van der Waals surface area contributed by atoms with Crippen LogP contribution in [0.5, 0.6) is 0 Å². The van der Waals surface area contributed by atoms with E-state index in [2.05, 4.69) is 11.8 Å². The molecule has 3 rings (SSSR count). The van der Waals surface area contributed by atoms with Crippen LogP contribution in [-0.2, 0) is 0 Å². The van der Waals surface area contributed by atoms with Gasteiger partial charge in [0.1, 0.15) is 0 Å². The van der Waals surface area contributed by atoms with Crippen molar-refractivity contribution in [2.24, 2.45) is 17.3 Å². The van der Waals surface area contributed by atoms with Crippen LogP contribution in [0.2, 0.25) is 0 Å². The molecule has 0 radical (unpaired) electrons. The highest BCUT2D eigenvalue weighted by Crippen LogP contribution is 2.45. The molecular formula is C16H29NO. The van der Waals surface area contributed by atoms with Crippen LogP contribution in [0.1, 0.15) is 58.3 Å². The van der Waals surface area contributed by atoms with E-state index >= 15 is 0 Å². The first kappa shape index (κ1) is 12.9. The van der Waals surface area contributed by atoms with Crippen molar-refractivity contribution in [3.05, 3.63) is 0 Å². The smallest absolute Gasteiger partial charge is 0.0580 e. The third kappa shape index (κ3) is 2.60. The Labute approximate surface area is 112 Å². The van der Waals surface area contributed by atoms with Crippen LogP contribution in [0.4, 0.5) is 0 Å². The highest BCUT2D eigenvalue weighted by atomic mass is 16.3. The number of aliphatic hydroxyl groups excluding tert-OH is 1. The monoisotopic (exact) mass is 251 g/mol. The predicted octanol–water partition coefficient (Wildman–Crippen LogP) is 3.05. The molecule has 3 unspecified atom stereocenters. The summed E-state index contributed by atoms with van der Waals surface area (Å²) >= 11 is 0. The van der Waals surface area contributed by atoms with Gasteiger partial charge in [0, 0.05) is 13.1 Å². The summed E-state index contributed by atoms with van der Waals surface area (Å²) in [6, 6.07) is 0. The van der Waals surface area contributed by atoms with Crippen molar-refractivity contribution in [3.8, 4) is 0 Å². The van der Waals surface area contributed by atoms with E-state index in [1.165, 1.54) is 58.0 Å². The summed E-state index contributed by atoms with van der Waals surface area (Å²) in [5.41, 5.74) is 0.686. The van der Waals surface area contributed by atoms with Gasteiger partial charge in [0.2, 0.25) is 0 Å². The molecule has 1 aliphatic heterocycles. The standard InChI is InChI=1S/C16H29NO/c1-13-4-5-15(18)14(10-13)11-17-9-8-16(12-17)6-2-3-7-16/h13-15,18H,2-12H2,1H3. The minimum atomic E-state index is -0.0265. The fraction of sp³-hybridized carbons (Fsp3) is 1.00. The number of nitrogens with zero attached hydrogens (tertiary/aromatic N) is 1. The molecule has 104 valence electrons. The lowest BCUT2D eigenvalue weighted by atomic mass is 9.80. The maximum Gasteiger partial charge on any atom is 0.0580 e. The van der Waals surface area contributed by atoms with Crippen LogP contribution in [0.3, 0.4) is 0 Å². The highest BCUT2D eigenvalue weighted by molar-refractivity contribution is 4.94. The quantitative estimate of drug-likeness (QED) is 0.815. The zero-order valence-electron chi connectivity index (χ0n) is 11.9. The van der Waals surface area contributed by atoms with Crippen molar-refractivity contribution in [2.75, 3.05) is 19.6 Å². The van der Waals surface area contributed by atoms with E-state index in [9.17, 15) is 5.11 Å². The second kappa shape index (κ2) is 5.13. The number of aliphatic hydroxyl groups is 1. The van der Waals surface area contributed by atoms with Gasteiger partial charge in [-0.25, -0.2) is 0 Å². The molecule has 2 saturated carbocycles. The number of rotatable bonds is 2. The summed E-state index contributed by atoms with van der Waals surface area (Å²) in [6.45, 7) is 6.12. The Morgan fingerprint density at radius 1 is 1.17 bits per heavy atom. The van der Waals surface area contributed by atoms with E-state index in [1.807, 2.05) is 0 Å². The van der Waals surface area contributed by atoms with Gasteiger partial charge >= 0.3 is 0 Å². The lowest BCUT2D eigenvalue weighted by molar-refractivity contribution is 0.0327. The molecule has 18 heavy (non-hydrogen) atoms. The Morgan fingerprint density at radius 3 is 2.72 bits per heavy atom. The normalized spacial score (nSPS) is 40.7. The Bertz CT molecular complexity index is 285. The third-order valence-electron chi connectivity index (χ3n) is 5.88. The summed E-state index contributed by atoms with van der Waals surface area (Å²) in [5, 5.41) is 10.2. The topological polar surface area (TPSA) is 23.5 Å². The number of hydrogen-bond acceptors (Lipinski definition) is 2. The van der Waals surface area contributed by atoms with Crippen LogP contribution in [-0.4, -0.2) is 35.7 Å². The highest BCUT2D eigenvalue weighted by Gasteiger charge is 2.41. The van der Waals surface area contributed by atoms with Crippen LogP contribution in [0.15, 0.2) is 0 Å². The van der Waals surface area contributed by atoms with Gasteiger partial charge in [-0.2, -0.15) is 0 Å². The van der Waals surface area contributed by atoms with Gasteiger partial charge in [-0.15, -0.1) is 0 Å². The Hall–Kier alpha value is -0.0800. The summed E-state index contributed by atoms with van der Waals surface area (Å²) < 4.78 is 0. The number of likely N-dealkylation sites (tertiary alicyclic amines) is 1. The van der Waals surface area contributed by atoms with E-state index in [0.29, 0.717) is 11.3 Å². The van der Waals surface area contributed by atoms with E-state index in [4.69, 9.17) is 0 Å². The first-order valence-corrected chi connectivity index (χ1v) is 8.07. The minimum Gasteiger partial charge on any atom is -0.393 e. The van der Waals surface area contributed by atoms with Gasteiger partial charge in [0.15, 0.2) is 0 Å². The first-order chi connectivity index (χ1) is 8.67. The Balaban J connectivity index is 1.54. The van der Waals surface area contributed by atoms with E-state index in [0.717, 1.165) is 18.9 Å². The van der Waals surface area contributed by atoms with Crippen molar-refractivity contribution in [1.29, 1.82) is 0 Å². The van der Waals surface area contributed by atoms with E-state index < -0.39 is 0 Å². The molecule has 2 nitrogen and oxygen atoms in total. The Morgan fingerprint density at radius 2 is 1.94 bits per heavy atom. The largest absolute Gasteiger partial charge is 0.393 e. The lowest BCUT2D eigenvalue weighted by Gasteiger charge is -2.34. The van der Waals surface area contributed by atoms with Crippen molar-refractivity contribution in [3.63, 3.8) is 0 Å². The van der Waals surface area contributed by atoms with Gasteiger partial charge in [-0.1, -0.05) is 19.8 Å². The van der Waals surface area contributed by atoms with E-state index in [-0.39, 0.29) is 6.10 Å². The second-order valence-electron chi connectivity index (χ2n) is 7.44. The predicted molar refractivity (Wildman–Crippen MR) is 74.5 cm³/mol.